The highest BCUT2D eigenvalue weighted by Gasteiger charge is 2.12. The highest BCUT2D eigenvalue weighted by Crippen LogP contribution is 2.23. The van der Waals surface area contributed by atoms with Crippen molar-refractivity contribution in [2.45, 2.75) is 19.9 Å². The van der Waals surface area contributed by atoms with E-state index in [1.54, 1.807) is 22.9 Å². The van der Waals surface area contributed by atoms with E-state index in [4.69, 9.17) is 21.4 Å². The van der Waals surface area contributed by atoms with Crippen molar-refractivity contribution in [1.82, 2.24) is 9.78 Å². The third-order valence-corrected chi connectivity index (χ3v) is 3.33. The van der Waals surface area contributed by atoms with Crippen molar-refractivity contribution in [3.8, 4) is 11.3 Å². The summed E-state index contributed by atoms with van der Waals surface area (Å²) in [5, 5.41) is 17.0. The number of carbonyl (C=O) groups excluding carboxylic acids is 1. The monoisotopic (exact) mass is 337 g/mol. The number of halogens is 1. The second-order valence-corrected chi connectivity index (χ2v) is 5.41. The molecule has 0 spiro atoms. The van der Waals surface area contributed by atoms with Gasteiger partial charge in [0, 0.05) is 23.3 Å². The van der Waals surface area contributed by atoms with Crippen LogP contribution in [-0.2, 0) is 16.1 Å². The molecule has 1 aromatic carbocycles. The molecule has 0 bridgehead atoms. The Balaban J connectivity index is 2.14. The lowest BCUT2D eigenvalue weighted by Crippen LogP contribution is -2.21. The van der Waals surface area contributed by atoms with Gasteiger partial charge in [0.1, 0.15) is 12.4 Å². The van der Waals surface area contributed by atoms with Gasteiger partial charge in [0.05, 0.1) is 18.8 Å². The summed E-state index contributed by atoms with van der Waals surface area (Å²) in [4.78, 5) is 11.9. The number of hydrogen-bond donors (Lipinski definition) is 2. The highest BCUT2D eigenvalue weighted by molar-refractivity contribution is 6.30. The molecule has 0 radical (unpaired) electrons. The Labute approximate surface area is 140 Å². The Kier molecular flexibility index (Phi) is 6.58. The van der Waals surface area contributed by atoms with Gasteiger partial charge < -0.3 is 15.2 Å². The van der Waals surface area contributed by atoms with Crippen LogP contribution in [0.4, 0.5) is 5.82 Å². The lowest BCUT2D eigenvalue weighted by molar-refractivity contribution is -0.120. The van der Waals surface area contributed by atoms with Crippen molar-refractivity contribution in [2.75, 3.05) is 25.1 Å². The molecule has 0 saturated carbocycles. The zero-order valence-corrected chi connectivity index (χ0v) is 13.7. The van der Waals surface area contributed by atoms with Gasteiger partial charge >= 0.3 is 0 Å². The van der Waals surface area contributed by atoms with Crippen LogP contribution in [0.5, 0.6) is 0 Å². The molecule has 0 aliphatic heterocycles. The van der Waals surface area contributed by atoms with Crippen LogP contribution in [0.3, 0.4) is 0 Å². The van der Waals surface area contributed by atoms with Crippen molar-refractivity contribution in [2.24, 2.45) is 0 Å². The van der Waals surface area contributed by atoms with Crippen LogP contribution in [-0.4, -0.2) is 40.6 Å². The second kappa shape index (κ2) is 8.67. The molecular formula is C16H20ClN3O3. The first-order valence-corrected chi connectivity index (χ1v) is 7.84. The van der Waals surface area contributed by atoms with Crippen LogP contribution in [0.2, 0.25) is 5.02 Å². The van der Waals surface area contributed by atoms with E-state index in [1.807, 2.05) is 19.1 Å². The molecule has 23 heavy (non-hydrogen) atoms. The van der Waals surface area contributed by atoms with E-state index in [0.717, 1.165) is 12.0 Å². The van der Waals surface area contributed by atoms with Crippen molar-refractivity contribution < 1.29 is 14.6 Å². The van der Waals surface area contributed by atoms with Gasteiger partial charge in [-0.25, -0.2) is 4.68 Å². The summed E-state index contributed by atoms with van der Waals surface area (Å²) >= 11 is 5.89. The molecule has 0 aliphatic rings. The summed E-state index contributed by atoms with van der Waals surface area (Å²) in [6.07, 6.45) is 0.858. The number of amides is 1. The molecule has 2 N–H and O–H groups in total. The number of nitrogens with zero attached hydrogens (tertiary/aromatic N) is 2. The number of hydrogen-bond acceptors (Lipinski definition) is 4. The molecule has 0 aliphatic carbocycles. The SMILES string of the molecule is CCCOCC(=O)Nc1cc(-c2ccc(Cl)cc2)nn1CCO. The van der Waals surface area contributed by atoms with Crippen LogP contribution in [0, 0.1) is 0 Å². The average molecular weight is 338 g/mol. The minimum Gasteiger partial charge on any atom is -0.394 e. The quantitative estimate of drug-likeness (QED) is 0.726. The lowest BCUT2D eigenvalue weighted by atomic mass is 10.1. The number of aromatic nitrogens is 2. The minimum atomic E-state index is -0.250. The van der Waals surface area contributed by atoms with Crippen LogP contribution in [0.15, 0.2) is 30.3 Å². The number of anilines is 1. The second-order valence-electron chi connectivity index (χ2n) is 4.97. The fraction of sp³-hybridized carbons (Fsp3) is 0.375. The maximum absolute atomic E-state index is 11.9. The first-order valence-electron chi connectivity index (χ1n) is 7.46. The number of ether oxygens (including phenoxy) is 1. The van der Waals surface area contributed by atoms with Gasteiger partial charge in [0.2, 0.25) is 0 Å². The number of nitrogens with one attached hydrogen (secondary N) is 1. The number of aliphatic hydroxyl groups is 1. The van der Waals surface area contributed by atoms with E-state index in [-0.39, 0.29) is 19.1 Å². The third-order valence-electron chi connectivity index (χ3n) is 3.08. The van der Waals surface area contributed by atoms with Crippen molar-refractivity contribution in [3.05, 3.63) is 35.4 Å². The summed E-state index contributed by atoms with van der Waals surface area (Å²) in [5.41, 5.74) is 1.57. The summed E-state index contributed by atoms with van der Waals surface area (Å²) in [6, 6.07) is 9.02. The van der Waals surface area contributed by atoms with Crippen LogP contribution >= 0.6 is 11.6 Å². The number of aliphatic hydroxyl groups excluding tert-OH is 1. The molecule has 0 saturated heterocycles. The molecule has 124 valence electrons. The van der Waals surface area contributed by atoms with E-state index in [9.17, 15) is 4.79 Å². The van der Waals surface area contributed by atoms with Gasteiger partial charge in [0.25, 0.3) is 5.91 Å². The fourth-order valence-corrected chi connectivity index (χ4v) is 2.16. The van der Waals surface area contributed by atoms with Gasteiger partial charge in [0.15, 0.2) is 0 Å². The topological polar surface area (TPSA) is 76.4 Å². The Hall–Kier alpha value is -1.89. The molecule has 2 rings (SSSR count). The molecule has 1 amide bonds. The van der Waals surface area contributed by atoms with E-state index >= 15 is 0 Å². The largest absolute Gasteiger partial charge is 0.394 e. The fourth-order valence-electron chi connectivity index (χ4n) is 2.03. The first kappa shape index (κ1) is 17.5. The van der Waals surface area contributed by atoms with Crippen LogP contribution in [0.25, 0.3) is 11.3 Å². The average Bonchev–Trinajstić information content (AvgIpc) is 2.91. The number of rotatable bonds is 8. The summed E-state index contributed by atoms with van der Waals surface area (Å²) in [7, 11) is 0. The maximum atomic E-state index is 11.9. The maximum Gasteiger partial charge on any atom is 0.251 e. The van der Waals surface area contributed by atoms with Crippen molar-refractivity contribution in [1.29, 1.82) is 0 Å². The molecule has 7 heteroatoms. The highest BCUT2D eigenvalue weighted by atomic mass is 35.5. The Bertz CT molecular complexity index is 641. The normalized spacial score (nSPS) is 10.7. The number of carbonyl (C=O) groups is 1. The molecule has 1 heterocycles. The molecular weight excluding hydrogens is 318 g/mol. The summed E-state index contributed by atoms with van der Waals surface area (Å²) in [6.45, 7) is 2.73. The smallest absolute Gasteiger partial charge is 0.251 e. The van der Waals surface area contributed by atoms with E-state index in [0.29, 0.717) is 29.7 Å². The summed E-state index contributed by atoms with van der Waals surface area (Å²) in [5.74, 6) is 0.272. The van der Waals surface area contributed by atoms with E-state index < -0.39 is 0 Å². The molecule has 1 aromatic heterocycles. The van der Waals surface area contributed by atoms with Crippen LogP contribution in [0.1, 0.15) is 13.3 Å². The predicted molar refractivity (Wildman–Crippen MR) is 89.5 cm³/mol. The third kappa shape index (κ3) is 5.06. The Morgan fingerprint density at radius 1 is 1.39 bits per heavy atom. The van der Waals surface area contributed by atoms with E-state index in [1.165, 1.54) is 0 Å². The summed E-state index contributed by atoms with van der Waals surface area (Å²) < 4.78 is 6.77. The molecule has 6 nitrogen and oxygen atoms in total. The molecule has 2 aromatic rings. The number of benzene rings is 1. The van der Waals surface area contributed by atoms with Gasteiger partial charge in [-0.3, -0.25) is 4.79 Å². The minimum absolute atomic E-state index is 0.00553. The van der Waals surface area contributed by atoms with Gasteiger partial charge in [-0.2, -0.15) is 5.10 Å². The van der Waals surface area contributed by atoms with Gasteiger partial charge in [-0.1, -0.05) is 30.7 Å². The van der Waals surface area contributed by atoms with E-state index in [2.05, 4.69) is 10.4 Å². The van der Waals surface area contributed by atoms with Gasteiger partial charge in [-0.05, 0) is 18.6 Å². The Morgan fingerprint density at radius 2 is 2.13 bits per heavy atom. The first-order chi connectivity index (χ1) is 11.1. The lowest BCUT2D eigenvalue weighted by Gasteiger charge is -2.07. The Morgan fingerprint density at radius 3 is 2.78 bits per heavy atom. The molecule has 0 atom stereocenters. The zero-order chi connectivity index (χ0) is 16.7. The zero-order valence-electron chi connectivity index (χ0n) is 13.0. The van der Waals surface area contributed by atoms with Gasteiger partial charge in [-0.15, -0.1) is 0 Å². The van der Waals surface area contributed by atoms with Crippen LogP contribution < -0.4 is 5.32 Å². The standard InChI is InChI=1S/C16H20ClN3O3/c1-2-9-23-11-16(22)18-15-10-14(19-20(15)7-8-21)12-3-5-13(17)6-4-12/h3-6,10,21H,2,7-9,11H2,1H3,(H,18,22). The molecule has 0 unspecified atom stereocenters. The van der Waals surface area contributed by atoms with Crippen molar-refractivity contribution >= 4 is 23.3 Å². The van der Waals surface area contributed by atoms with Crippen molar-refractivity contribution in [3.63, 3.8) is 0 Å². The molecule has 0 fully saturated rings. The predicted octanol–water partition coefficient (Wildman–Crippen LogP) is 2.56.